The summed E-state index contributed by atoms with van der Waals surface area (Å²) in [6.07, 6.45) is 4.10. The Balaban J connectivity index is 1.87. The number of rotatable bonds is 2. The number of nitrogens with zero attached hydrogens (tertiary/aromatic N) is 2. The predicted molar refractivity (Wildman–Crippen MR) is 81.5 cm³/mol. The minimum Gasteiger partial charge on any atom is -0.294 e. The third-order valence-electron chi connectivity index (χ3n) is 4.39. The molecular formula is C16H14N2O3S. The van der Waals surface area contributed by atoms with E-state index in [1.807, 2.05) is 0 Å². The zero-order valence-electron chi connectivity index (χ0n) is 11.8. The highest BCUT2D eigenvalue weighted by Crippen LogP contribution is 2.46. The first kappa shape index (κ1) is 13.5. The van der Waals surface area contributed by atoms with Crippen LogP contribution in [0.25, 0.3) is 0 Å². The number of ketones is 1. The topological polar surface area (TPSA) is 67.3 Å². The van der Waals surface area contributed by atoms with Crippen LogP contribution in [-0.2, 0) is 10.0 Å². The molecule has 5 nitrogen and oxygen atoms in total. The summed E-state index contributed by atoms with van der Waals surface area (Å²) >= 11 is 0. The fourth-order valence-electron chi connectivity index (χ4n) is 3.36. The molecule has 0 amide bonds. The molecule has 0 N–H and O–H groups in total. The van der Waals surface area contributed by atoms with Gasteiger partial charge in [-0.25, -0.2) is 8.42 Å². The van der Waals surface area contributed by atoms with Crippen molar-refractivity contribution in [3.63, 3.8) is 0 Å². The average molecular weight is 314 g/mol. The van der Waals surface area contributed by atoms with Gasteiger partial charge in [0.2, 0.25) is 0 Å². The van der Waals surface area contributed by atoms with Crippen molar-refractivity contribution in [3.05, 3.63) is 53.9 Å². The van der Waals surface area contributed by atoms with Crippen LogP contribution < -0.4 is 4.31 Å². The van der Waals surface area contributed by atoms with Crippen molar-refractivity contribution in [3.8, 4) is 0 Å². The van der Waals surface area contributed by atoms with Gasteiger partial charge < -0.3 is 0 Å². The molecule has 4 rings (SSSR count). The van der Waals surface area contributed by atoms with Gasteiger partial charge in [-0.05, 0) is 30.2 Å². The average Bonchev–Trinajstić information content (AvgIpc) is 2.93. The Labute approximate surface area is 128 Å². The van der Waals surface area contributed by atoms with Crippen LogP contribution in [0.5, 0.6) is 0 Å². The van der Waals surface area contributed by atoms with Crippen LogP contribution in [-0.4, -0.2) is 25.7 Å². The van der Waals surface area contributed by atoms with E-state index in [0.717, 1.165) is 5.56 Å². The maximum absolute atomic E-state index is 12.9. The van der Waals surface area contributed by atoms with Gasteiger partial charge in [0.25, 0.3) is 10.0 Å². The number of carbonyl (C=O) groups is 1. The summed E-state index contributed by atoms with van der Waals surface area (Å²) in [5, 5.41) is 0. The van der Waals surface area contributed by atoms with Crippen LogP contribution in [0.3, 0.4) is 0 Å². The first-order valence-electron chi connectivity index (χ1n) is 7.18. The summed E-state index contributed by atoms with van der Waals surface area (Å²) in [6, 6.07) is 8.49. The fraction of sp³-hybridized carbons (Fsp3) is 0.250. The predicted octanol–water partition coefficient (Wildman–Crippen LogP) is 2.35. The highest BCUT2D eigenvalue weighted by atomic mass is 32.2. The summed E-state index contributed by atoms with van der Waals surface area (Å²) < 4.78 is 27.2. The number of hydrogen-bond donors (Lipinski definition) is 0. The summed E-state index contributed by atoms with van der Waals surface area (Å²) in [5.41, 5.74) is 2.21. The molecule has 0 unspecified atom stereocenters. The van der Waals surface area contributed by atoms with Crippen molar-refractivity contribution in [2.24, 2.45) is 0 Å². The molecule has 0 spiro atoms. The Morgan fingerprint density at radius 3 is 2.82 bits per heavy atom. The Morgan fingerprint density at radius 2 is 2.05 bits per heavy atom. The van der Waals surface area contributed by atoms with E-state index in [2.05, 4.69) is 4.98 Å². The summed E-state index contributed by atoms with van der Waals surface area (Å²) in [7, 11) is -3.64. The van der Waals surface area contributed by atoms with E-state index >= 15 is 0 Å². The normalized spacial score (nSPS) is 20.1. The molecule has 0 saturated heterocycles. The van der Waals surface area contributed by atoms with Crippen molar-refractivity contribution >= 4 is 21.5 Å². The van der Waals surface area contributed by atoms with Gasteiger partial charge in [0, 0.05) is 36.8 Å². The second-order valence-corrected chi connectivity index (χ2v) is 7.48. The van der Waals surface area contributed by atoms with E-state index in [1.54, 1.807) is 36.5 Å². The lowest BCUT2D eigenvalue weighted by Gasteiger charge is -2.19. The first-order chi connectivity index (χ1) is 10.6. The number of hydrogen-bond acceptors (Lipinski definition) is 4. The van der Waals surface area contributed by atoms with Crippen LogP contribution >= 0.6 is 0 Å². The smallest absolute Gasteiger partial charge is 0.265 e. The Bertz CT molecular complexity index is 862. The molecule has 0 saturated carbocycles. The van der Waals surface area contributed by atoms with Gasteiger partial charge in [-0.1, -0.05) is 12.1 Å². The van der Waals surface area contributed by atoms with Crippen molar-refractivity contribution in [1.82, 2.24) is 4.98 Å². The molecular weight excluding hydrogens is 300 g/mol. The summed E-state index contributed by atoms with van der Waals surface area (Å²) in [6.45, 7) is 0.400. The van der Waals surface area contributed by atoms with Gasteiger partial charge in [-0.2, -0.15) is 0 Å². The third-order valence-corrected chi connectivity index (χ3v) is 6.15. The van der Waals surface area contributed by atoms with Crippen LogP contribution in [0.15, 0.2) is 47.6 Å². The lowest BCUT2D eigenvalue weighted by atomic mass is 9.83. The molecule has 1 atom stereocenters. The van der Waals surface area contributed by atoms with Crippen LogP contribution in [0, 0.1) is 0 Å². The summed E-state index contributed by atoms with van der Waals surface area (Å²) in [4.78, 5) is 16.1. The monoisotopic (exact) mass is 314 g/mol. The van der Waals surface area contributed by atoms with E-state index in [0.29, 0.717) is 30.6 Å². The van der Waals surface area contributed by atoms with Gasteiger partial charge in [0.05, 0.1) is 5.69 Å². The van der Waals surface area contributed by atoms with E-state index in [-0.39, 0.29) is 16.6 Å². The van der Waals surface area contributed by atoms with E-state index < -0.39 is 10.0 Å². The molecule has 1 aliphatic heterocycles. The van der Waals surface area contributed by atoms with Gasteiger partial charge in [-0.3, -0.25) is 14.1 Å². The number of Topliss-reactive ketones (excluding diaryl/α,β-unsaturated/α-hetero) is 1. The van der Waals surface area contributed by atoms with Crippen molar-refractivity contribution in [2.75, 3.05) is 10.8 Å². The SMILES string of the molecule is O=C1CC[C@H]2CN(S(=O)(=O)c3cccnc3)c3cccc1c32. The van der Waals surface area contributed by atoms with Crippen molar-refractivity contribution in [1.29, 1.82) is 0 Å². The van der Waals surface area contributed by atoms with Gasteiger partial charge in [-0.15, -0.1) is 0 Å². The number of benzene rings is 1. The maximum atomic E-state index is 12.9. The van der Waals surface area contributed by atoms with E-state index in [4.69, 9.17) is 0 Å². The lowest BCUT2D eigenvalue weighted by molar-refractivity contribution is 0.0968. The molecule has 0 fully saturated rings. The molecule has 1 aromatic heterocycles. The van der Waals surface area contributed by atoms with E-state index in [1.165, 1.54) is 10.5 Å². The van der Waals surface area contributed by atoms with Gasteiger partial charge >= 0.3 is 0 Å². The molecule has 1 aromatic carbocycles. The highest BCUT2D eigenvalue weighted by Gasteiger charge is 2.40. The molecule has 6 heteroatoms. The zero-order valence-corrected chi connectivity index (χ0v) is 12.6. The molecule has 2 heterocycles. The Hall–Kier alpha value is -2.21. The molecule has 0 bridgehead atoms. The van der Waals surface area contributed by atoms with Crippen molar-refractivity contribution < 1.29 is 13.2 Å². The molecule has 22 heavy (non-hydrogen) atoms. The number of carbonyl (C=O) groups excluding carboxylic acids is 1. The second-order valence-electron chi connectivity index (χ2n) is 5.62. The minimum atomic E-state index is -3.64. The van der Waals surface area contributed by atoms with Gasteiger partial charge in [0.1, 0.15) is 4.90 Å². The number of pyridine rings is 1. The number of aromatic nitrogens is 1. The lowest BCUT2D eigenvalue weighted by Crippen LogP contribution is -2.30. The Kier molecular flexibility index (Phi) is 2.84. The standard InChI is InChI=1S/C16H14N2O3S/c19-15-7-6-11-10-18(14-5-1-4-13(15)16(11)14)22(20,21)12-3-2-8-17-9-12/h1-5,8-9,11H,6-7,10H2/t11-/m0/s1. The van der Waals surface area contributed by atoms with Crippen LogP contribution in [0.2, 0.25) is 0 Å². The largest absolute Gasteiger partial charge is 0.294 e. The number of anilines is 1. The maximum Gasteiger partial charge on any atom is 0.265 e. The van der Waals surface area contributed by atoms with Gasteiger partial charge in [0.15, 0.2) is 5.78 Å². The molecule has 1 aliphatic carbocycles. The summed E-state index contributed by atoms with van der Waals surface area (Å²) in [5.74, 6) is 0.212. The molecule has 2 aromatic rings. The van der Waals surface area contributed by atoms with Crippen LogP contribution in [0.4, 0.5) is 5.69 Å². The third kappa shape index (κ3) is 1.80. The molecule has 112 valence electrons. The number of sulfonamides is 1. The highest BCUT2D eigenvalue weighted by molar-refractivity contribution is 7.92. The fourth-order valence-corrected chi connectivity index (χ4v) is 4.86. The molecule has 0 radical (unpaired) electrons. The zero-order chi connectivity index (χ0) is 15.3. The first-order valence-corrected chi connectivity index (χ1v) is 8.62. The second kappa shape index (κ2) is 4.64. The van der Waals surface area contributed by atoms with E-state index in [9.17, 15) is 13.2 Å². The van der Waals surface area contributed by atoms with Crippen LogP contribution in [0.1, 0.15) is 34.7 Å². The molecule has 2 aliphatic rings. The Morgan fingerprint density at radius 1 is 1.18 bits per heavy atom. The van der Waals surface area contributed by atoms with Crippen molar-refractivity contribution in [2.45, 2.75) is 23.7 Å². The minimum absolute atomic E-state index is 0.105. The quantitative estimate of drug-likeness (QED) is 0.853.